The quantitative estimate of drug-likeness (QED) is 0.683. The average molecular weight is 203 g/mol. The van der Waals surface area contributed by atoms with Crippen LogP contribution in [0, 0.1) is 0 Å². The molecule has 70 valence electrons. The van der Waals surface area contributed by atoms with Gasteiger partial charge in [-0.3, -0.25) is 0 Å². The number of ether oxygens (including phenoxy) is 2. The lowest BCUT2D eigenvalue weighted by atomic mass is 10.6. The summed E-state index contributed by atoms with van der Waals surface area (Å²) in [5.41, 5.74) is 0. The number of nitrogens with zero attached hydrogens (tertiary/aromatic N) is 2. The van der Waals surface area contributed by atoms with Gasteiger partial charge in [-0.1, -0.05) is 11.6 Å². The second-order valence-electron chi connectivity index (χ2n) is 1.98. The number of aromatic nitrogens is 2. The number of carbonyl (C=O) groups is 1. The Labute approximate surface area is 79.6 Å². The highest BCUT2D eigenvalue weighted by Crippen LogP contribution is 2.08. The Balaban J connectivity index is 2.54. The molecule has 0 aromatic carbocycles. The first-order valence-corrected chi connectivity index (χ1v) is 3.94. The zero-order valence-corrected chi connectivity index (χ0v) is 7.61. The molecule has 0 amide bonds. The summed E-state index contributed by atoms with van der Waals surface area (Å²) in [5, 5.41) is 7.20. The Morgan fingerprint density at radius 2 is 2.31 bits per heavy atom. The van der Waals surface area contributed by atoms with Gasteiger partial charge in [0.15, 0.2) is 5.15 Å². The maximum Gasteiger partial charge on any atom is 0.515 e. The monoisotopic (exact) mass is 202 g/mol. The molecule has 1 aromatic heterocycles. The molecule has 1 heterocycles. The molecular formula is C7H7ClN2O3. The topological polar surface area (TPSA) is 61.3 Å². The third kappa shape index (κ3) is 3.25. The molecule has 1 rings (SSSR count). The standard InChI is InChI=1S/C7H7ClN2O3/c1-2-12-7(11)13-6-4-3-5(8)9-10-6/h3-4H,2H2,1H3. The van der Waals surface area contributed by atoms with E-state index < -0.39 is 6.16 Å². The van der Waals surface area contributed by atoms with Gasteiger partial charge in [0, 0.05) is 6.07 Å². The lowest BCUT2D eigenvalue weighted by Crippen LogP contribution is -2.11. The number of halogens is 1. The van der Waals surface area contributed by atoms with E-state index in [0.717, 1.165) is 0 Å². The molecule has 0 N–H and O–H groups in total. The van der Waals surface area contributed by atoms with Crippen molar-refractivity contribution in [2.75, 3.05) is 6.61 Å². The van der Waals surface area contributed by atoms with Crippen LogP contribution in [0.25, 0.3) is 0 Å². The van der Waals surface area contributed by atoms with Gasteiger partial charge in [-0.25, -0.2) is 4.79 Å². The first-order chi connectivity index (χ1) is 6.22. The van der Waals surface area contributed by atoms with E-state index in [4.69, 9.17) is 11.6 Å². The molecule has 0 unspecified atom stereocenters. The van der Waals surface area contributed by atoms with Gasteiger partial charge >= 0.3 is 6.16 Å². The van der Waals surface area contributed by atoms with E-state index in [1.807, 2.05) is 0 Å². The van der Waals surface area contributed by atoms with Gasteiger partial charge in [0.1, 0.15) is 0 Å². The number of carbonyl (C=O) groups excluding carboxylic acids is 1. The smallest absolute Gasteiger partial charge is 0.434 e. The largest absolute Gasteiger partial charge is 0.515 e. The van der Waals surface area contributed by atoms with Crippen molar-refractivity contribution in [1.29, 1.82) is 0 Å². The summed E-state index contributed by atoms with van der Waals surface area (Å²) in [4.78, 5) is 10.8. The van der Waals surface area contributed by atoms with Crippen molar-refractivity contribution < 1.29 is 14.3 Å². The third-order valence-electron chi connectivity index (χ3n) is 1.06. The first kappa shape index (κ1) is 9.73. The van der Waals surface area contributed by atoms with E-state index >= 15 is 0 Å². The molecule has 0 radical (unpaired) electrons. The molecule has 1 aromatic rings. The van der Waals surface area contributed by atoms with Gasteiger partial charge in [0.25, 0.3) is 0 Å². The highest BCUT2D eigenvalue weighted by atomic mass is 35.5. The summed E-state index contributed by atoms with van der Waals surface area (Å²) < 4.78 is 9.13. The number of rotatable bonds is 2. The van der Waals surface area contributed by atoms with Gasteiger partial charge in [0.05, 0.1) is 6.61 Å². The summed E-state index contributed by atoms with van der Waals surface area (Å²) in [6, 6.07) is 2.88. The van der Waals surface area contributed by atoms with Crippen LogP contribution in [0.1, 0.15) is 6.92 Å². The van der Waals surface area contributed by atoms with Crippen LogP contribution in [-0.2, 0) is 4.74 Å². The summed E-state index contributed by atoms with van der Waals surface area (Å²) >= 11 is 5.46. The molecule has 5 nitrogen and oxygen atoms in total. The summed E-state index contributed by atoms with van der Waals surface area (Å²) in [7, 11) is 0. The predicted octanol–water partition coefficient (Wildman–Crippen LogP) is 1.67. The summed E-state index contributed by atoms with van der Waals surface area (Å²) in [6.45, 7) is 1.93. The van der Waals surface area contributed by atoms with Crippen LogP contribution in [0.15, 0.2) is 12.1 Å². The molecule has 0 fully saturated rings. The van der Waals surface area contributed by atoms with Crippen molar-refractivity contribution in [1.82, 2.24) is 10.2 Å². The molecule has 0 aliphatic rings. The van der Waals surface area contributed by atoms with Crippen LogP contribution < -0.4 is 4.74 Å². The van der Waals surface area contributed by atoms with Gasteiger partial charge in [-0.2, -0.15) is 0 Å². The Bertz CT molecular complexity index is 288. The van der Waals surface area contributed by atoms with Crippen LogP contribution in [0.5, 0.6) is 5.88 Å². The Morgan fingerprint density at radius 1 is 1.54 bits per heavy atom. The molecule has 0 aliphatic heterocycles. The maximum atomic E-state index is 10.8. The molecule has 13 heavy (non-hydrogen) atoms. The molecule has 0 bridgehead atoms. The summed E-state index contributed by atoms with van der Waals surface area (Å²) in [5.74, 6) is 0.0582. The lowest BCUT2D eigenvalue weighted by molar-refractivity contribution is 0.102. The van der Waals surface area contributed by atoms with E-state index in [-0.39, 0.29) is 17.6 Å². The molecular weight excluding hydrogens is 196 g/mol. The van der Waals surface area contributed by atoms with Crippen molar-refractivity contribution >= 4 is 17.8 Å². The van der Waals surface area contributed by atoms with E-state index in [9.17, 15) is 4.79 Å². The molecule has 0 atom stereocenters. The minimum atomic E-state index is -0.806. The van der Waals surface area contributed by atoms with E-state index in [0.29, 0.717) is 0 Å². The van der Waals surface area contributed by atoms with Crippen molar-refractivity contribution in [3.8, 4) is 5.88 Å². The van der Waals surface area contributed by atoms with Crippen LogP contribution in [0.2, 0.25) is 5.15 Å². The maximum absolute atomic E-state index is 10.8. The zero-order valence-electron chi connectivity index (χ0n) is 6.86. The van der Waals surface area contributed by atoms with Gasteiger partial charge in [0.2, 0.25) is 5.88 Å². The van der Waals surface area contributed by atoms with Crippen LogP contribution in [0.3, 0.4) is 0 Å². The Morgan fingerprint density at radius 3 is 2.85 bits per heavy atom. The van der Waals surface area contributed by atoms with E-state index in [1.54, 1.807) is 6.92 Å². The Kier molecular flexibility index (Phi) is 3.45. The fourth-order valence-electron chi connectivity index (χ4n) is 0.591. The number of hydrogen-bond acceptors (Lipinski definition) is 5. The van der Waals surface area contributed by atoms with Gasteiger partial charge in [-0.05, 0) is 13.0 Å². The normalized spacial score (nSPS) is 9.38. The van der Waals surface area contributed by atoms with Gasteiger partial charge in [-0.15, -0.1) is 10.2 Å². The minimum absolute atomic E-state index is 0.0582. The SMILES string of the molecule is CCOC(=O)Oc1ccc(Cl)nn1. The average Bonchev–Trinajstić information content (AvgIpc) is 2.09. The van der Waals surface area contributed by atoms with Crippen molar-refractivity contribution in [2.45, 2.75) is 6.92 Å². The Hall–Kier alpha value is -1.36. The van der Waals surface area contributed by atoms with E-state index in [1.165, 1.54) is 12.1 Å². The van der Waals surface area contributed by atoms with Gasteiger partial charge < -0.3 is 9.47 Å². The fourth-order valence-corrected chi connectivity index (χ4v) is 0.692. The van der Waals surface area contributed by atoms with Crippen LogP contribution in [-0.4, -0.2) is 23.0 Å². The highest BCUT2D eigenvalue weighted by molar-refractivity contribution is 6.29. The van der Waals surface area contributed by atoms with Crippen molar-refractivity contribution in [2.24, 2.45) is 0 Å². The van der Waals surface area contributed by atoms with Crippen molar-refractivity contribution in [3.05, 3.63) is 17.3 Å². The van der Waals surface area contributed by atoms with E-state index in [2.05, 4.69) is 19.7 Å². The molecule has 0 aliphatic carbocycles. The second-order valence-corrected chi connectivity index (χ2v) is 2.37. The lowest BCUT2D eigenvalue weighted by Gasteiger charge is -2.01. The highest BCUT2D eigenvalue weighted by Gasteiger charge is 2.05. The number of hydrogen-bond donors (Lipinski definition) is 0. The third-order valence-corrected chi connectivity index (χ3v) is 1.26. The molecule has 0 saturated carbocycles. The second kappa shape index (κ2) is 4.61. The fraction of sp³-hybridized carbons (Fsp3) is 0.286. The minimum Gasteiger partial charge on any atom is -0.434 e. The molecule has 0 spiro atoms. The predicted molar refractivity (Wildman–Crippen MR) is 44.7 cm³/mol. The zero-order chi connectivity index (χ0) is 9.68. The van der Waals surface area contributed by atoms with Crippen LogP contribution >= 0.6 is 11.6 Å². The van der Waals surface area contributed by atoms with Crippen molar-refractivity contribution in [3.63, 3.8) is 0 Å². The van der Waals surface area contributed by atoms with Crippen LogP contribution in [0.4, 0.5) is 4.79 Å². The molecule has 0 saturated heterocycles. The first-order valence-electron chi connectivity index (χ1n) is 3.56. The summed E-state index contributed by atoms with van der Waals surface area (Å²) in [6.07, 6.45) is -0.806. The molecule has 6 heteroatoms.